The molecule has 3 amide bonds. The number of carbonyl (C=O) groups is 3. The van der Waals surface area contributed by atoms with Crippen LogP contribution < -0.4 is 19.8 Å². The van der Waals surface area contributed by atoms with Crippen LogP contribution in [-0.4, -0.2) is 34.6 Å². The number of benzene rings is 3. The minimum Gasteiger partial charge on any atom is -0.484 e. The number of alkyl halides is 3. The first kappa shape index (κ1) is 30.3. The number of H-pyrrole nitrogens is 1. The molecule has 1 fully saturated rings. The fraction of sp³-hybridized carbons (Fsp3) is 0.172. The van der Waals surface area contributed by atoms with Crippen LogP contribution in [0.15, 0.2) is 76.6 Å². The first-order chi connectivity index (χ1) is 20.9. The molecule has 226 valence electrons. The van der Waals surface area contributed by atoms with Gasteiger partial charge in [0.15, 0.2) is 6.61 Å². The number of thioether (sulfide) groups is 1. The molecule has 2 aliphatic rings. The third-order valence-corrected chi connectivity index (χ3v) is 10.2. The van der Waals surface area contributed by atoms with Crippen molar-refractivity contribution in [2.75, 3.05) is 16.8 Å². The van der Waals surface area contributed by atoms with Gasteiger partial charge in [-0.05, 0) is 54.1 Å². The summed E-state index contributed by atoms with van der Waals surface area (Å²) in [7, 11) is 0. The Morgan fingerprint density at radius 3 is 2.43 bits per heavy atom. The molecule has 0 radical (unpaired) electrons. The monoisotopic (exact) mass is 679 g/mol. The smallest absolute Gasteiger partial charge is 0.416 e. The summed E-state index contributed by atoms with van der Waals surface area (Å²) < 4.78 is 45.8. The van der Waals surface area contributed by atoms with E-state index in [1.807, 2.05) is 0 Å². The molecule has 3 heterocycles. The SMILES string of the molecule is O=C(COc1ccc([C@@H]2c3sc(=O)[nH]c3S[C@H]3C(=O)N(c4cccc(C(F)(F)F)c4)C(=O)[C@@H]23)cc1)Nc1ccc(Cl)c(Cl)c1. The maximum Gasteiger partial charge on any atom is 0.416 e. The fourth-order valence-corrected chi connectivity index (χ4v) is 7.96. The van der Waals surface area contributed by atoms with Crippen LogP contribution in [0.5, 0.6) is 5.75 Å². The van der Waals surface area contributed by atoms with Crippen LogP contribution in [0.4, 0.5) is 24.5 Å². The largest absolute Gasteiger partial charge is 0.484 e. The van der Waals surface area contributed by atoms with E-state index in [1.54, 1.807) is 36.4 Å². The van der Waals surface area contributed by atoms with E-state index in [-0.39, 0.29) is 22.2 Å². The Kier molecular flexibility index (Phi) is 7.99. The van der Waals surface area contributed by atoms with Gasteiger partial charge in [-0.1, -0.05) is 64.5 Å². The highest BCUT2D eigenvalue weighted by molar-refractivity contribution is 8.00. The number of amides is 3. The Morgan fingerprint density at radius 2 is 1.73 bits per heavy atom. The Labute approximate surface area is 265 Å². The molecule has 0 unspecified atom stereocenters. The first-order valence-corrected chi connectivity index (χ1v) is 15.3. The molecule has 1 aromatic heterocycles. The summed E-state index contributed by atoms with van der Waals surface area (Å²) in [4.78, 5) is 55.7. The lowest BCUT2D eigenvalue weighted by molar-refractivity contribution is -0.137. The number of nitrogens with zero attached hydrogens (tertiary/aromatic N) is 1. The lowest BCUT2D eigenvalue weighted by Crippen LogP contribution is -2.32. The molecule has 4 aromatic rings. The van der Waals surface area contributed by atoms with E-state index in [0.29, 0.717) is 31.9 Å². The van der Waals surface area contributed by atoms with Gasteiger partial charge in [0.25, 0.3) is 5.91 Å². The Hall–Kier alpha value is -3.78. The highest BCUT2D eigenvalue weighted by Crippen LogP contribution is 2.53. The van der Waals surface area contributed by atoms with Crippen molar-refractivity contribution >= 4 is 75.4 Å². The van der Waals surface area contributed by atoms with Crippen molar-refractivity contribution in [1.82, 2.24) is 4.98 Å². The number of nitrogens with one attached hydrogen (secondary N) is 2. The second kappa shape index (κ2) is 11.6. The molecule has 15 heteroatoms. The lowest BCUT2D eigenvalue weighted by atomic mass is 9.83. The van der Waals surface area contributed by atoms with E-state index in [2.05, 4.69) is 10.3 Å². The minimum atomic E-state index is -4.66. The number of carbonyl (C=O) groups excluding carboxylic acids is 3. The van der Waals surface area contributed by atoms with Crippen molar-refractivity contribution in [2.24, 2.45) is 5.92 Å². The molecule has 3 atom stereocenters. The summed E-state index contributed by atoms with van der Waals surface area (Å²) in [6.45, 7) is -0.327. The molecule has 3 aromatic carbocycles. The Bertz CT molecular complexity index is 1860. The quantitative estimate of drug-likeness (QED) is 0.223. The first-order valence-electron chi connectivity index (χ1n) is 12.8. The number of imide groups is 1. The van der Waals surface area contributed by atoms with Gasteiger partial charge < -0.3 is 15.0 Å². The summed E-state index contributed by atoms with van der Waals surface area (Å²) in [5, 5.41) is 2.72. The van der Waals surface area contributed by atoms with Gasteiger partial charge in [-0.2, -0.15) is 13.2 Å². The average molecular weight is 681 g/mol. The van der Waals surface area contributed by atoms with Gasteiger partial charge in [0.05, 0.1) is 32.2 Å². The average Bonchev–Trinajstić information content (AvgIpc) is 3.47. The van der Waals surface area contributed by atoms with Crippen molar-refractivity contribution in [2.45, 2.75) is 22.4 Å². The summed E-state index contributed by atoms with van der Waals surface area (Å²) in [5.41, 5.74) is -0.150. The molecule has 1 saturated heterocycles. The van der Waals surface area contributed by atoms with E-state index in [1.165, 1.54) is 12.1 Å². The molecule has 0 bridgehead atoms. The molecule has 0 aliphatic carbocycles. The highest BCUT2D eigenvalue weighted by Gasteiger charge is 2.56. The predicted octanol–water partition coefficient (Wildman–Crippen LogP) is 6.58. The third-order valence-electron chi connectivity index (χ3n) is 7.07. The van der Waals surface area contributed by atoms with Crippen LogP contribution in [0.25, 0.3) is 0 Å². The van der Waals surface area contributed by atoms with Gasteiger partial charge in [0.1, 0.15) is 11.0 Å². The number of hydrogen-bond donors (Lipinski definition) is 2. The number of halogens is 5. The zero-order chi connectivity index (χ0) is 31.3. The Balaban J connectivity index is 1.24. The highest BCUT2D eigenvalue weighted by atomic mass is 35.5. The summed E-state index contributed by atoms with van der Waals surface area (Å²) >= 11 is 13.8. The molecular formula is C29H18Cl2F3N3O5S2. The number of thiazole rings is 1. The van der Waals surface area contributed by atoms with Crippen LogP contribution in [0, 0.1) is 5.92 Å². The van der Waals surface area contributed by atoms with Gasteiger partial charge in [-0.25, -0.2) is 4.90 Å². The molecule has 2 N–H and O–H groups in total. The topological polar surface area (TPSA) is 109 Å². The van der Waals surface area contributed by atoms with Crippen molar-refractivity contribution in [3.8, 4) is 5.75 Å². The van der Waals surface area contributed by atoms with Crippen LogP contribution >= 0.6 is 46.3 Å². The number of aromatic amines is 1. The van der Waals surface area contributed by atoms with Gasteiger partial charge in [0, 0.05) is 16.5 Å². The minimum absolute atomic E-state index is 0.177. The summed E-state index contributed by atoms with van der Waals surface area (Å²) in [6.07, 6.45) is -4.66. The van der Waals surface area contributed by atoms with E-state index in [4.69, 9.17) is 27.9 Å². The Morgan fingerprint density at radius 1 is 0.977 bits per heavy atom. The van der Waals surface area contributed by atoms with E-state index in [9.17, 15) is 32.3 Å². The van der Waals surface area contributed by atoms with E-state index >= 15 is 0 Å². The van der Waals surface area contributed by atoms with Crippen LogP contribution in [-0.2, 0) is 20.6 Å². The van der Waals surface area contributed by atoms with Gasteiger partial charge in [-0.15, -0.1) is 0 Å². The molecule has 0 spiro atoms. The van der Waals surface area contributed by atoms with Gasteiger partial charge in [0.2, 0.25) is 11.8 Å². The summed E-state index contributed by atoms with van der Waals surface area (Å²) in [5.74, 6) is -3.17. The molecule has 44 heavy (non-hydrogen) atoms. The zero-order valence-corrected chi connectivity index (χ0v) is 25.1. The standard InChI is InChI=1S/C29H18Cl2F3N3O5S2/c30-18-9-6-15(11-19(18)31)35-20(38)12-42-17-7-4-13(5-8-17)21-22-24(43-25-23(21)44-28(41)36-25)27(40)37(26(22)39)16-3-1-2-14(10-16)29(32,33)34/h1-11,21-22,24H,12H2,(H,35,38)(H,36,41)/t21-,22-,24+/m0/s1. The second-order valence-corrected chi connectivity index (χ2v) is 12.8. The van der Waals surface area contributed by atoms with E-state index in [0.717, 1.165) is 46.2 Å². The molecular weight excluding hydrogens is 662 g/mol. The van der Waals surface area contributed by atoms with Gasteiger partial charge >= 0.3 is 11.0 Å². The molecule has 6 rings (SSSR count). The number of hydrogen-bond acceptors (Lipinski definition) is 7. The molecule has 0 saturated carbocycles. The number of anilines is 2. The second-order valence-electron chi connectivity index (χ2n) is 9.84. The van der Waals surface area contributed by atoms with E-state index < -0.39 is 46.5 Å². The molecule has 2 aliphatic heterocycles. The van der Waals surface area contributed by atoms with Crippen molar-refractivity contribution in [3.63, 3.8) is 0 Å². The van der Waals surface area contributed by atoms with Crippen molar-refractivity contribution in [3.05, 3.63) is 102 Å². The van der Waals surface area contributed by atoms with Crippen LogP contribution in [0.1, 0.15) is 21.9 Å². The molecule has 8 nitrogen and oxygen atoms in total. The van der Waals surface area contributed by atoms with Crippen LogP contribution in [0.2, 0.25) is 10.0 Å². The summed E-state index contributed by atoms with van der Waals surface area (Å²) in [6, 6.07) is 15.2. The lowest BCUT2D eigenvalue weighted by Gasteiger charge is -2.29. The fourth-order valence-electron chi connectivity index (χ4n) is 5.14. The zero-order valence-electron chi connectivity index (χ0n) is 22.0. The maximum absolute atomic E-state index is 13.8. The normalized spacial score (nSPS) is 19.5. The predicted molar refractivity (Wildman–Crippen MR) is 161 cm³/mol. The van der Waals surface area contributed by atoms with Crippen LogP contribution in [0.3, 0.4) is 0 Å². The van der Waals surface area contributed by atoms with Crippen molar-refractivity contribution < 1.29 is 32.3 Å². The number of rotatable bonds is 6. The third kappa shape index (κ3) is 5.72. The maximum atomic E-state index is 13.8. The number of aromatic nitrogens is 1. The van der Waals surface area contributed by atoms with Gasteiger partial charge in [-0.3, -0.25) is 19.2 Å². The number of ether oxygens (including phenoxy) is 1. The number of fused-ring (bicyclic) bond motifs is 2. The van der Waals surface area contributed by atoms with Crippen molar-refractivity contribution in [1.29, 1.82) is 0 Å².